The van der Waals surface area contributed by atoms with Crippen LogP contribution in [0.15, 0.2) is 59.1 Å². The van der Waals surface area contributed by atoms with E-state index in [-0.39, 0.29) is 11.7 Å². The highest BCUT2D eigenvalue weighted by Crippen LogP contribution is 2.21. The van der Waals surface area contributed by atoms with Gasteiger partial charge in [0.1, 0.15) is 5.82 Å². The summed E-state index contributed by atoms with van der Waals surface area (Å²) < 4.78 is 18.8. The van der Waals surface area contributed by atoms with Gasteiger partial charge in [-0.25, -0.2) is 9.37 Å². The van der Waals surface area contributed by atoms with Gasteiger partial charge in [0, 0.05) is 51.1 Å². The number of hydrogen-bond acceptors (Lipinski definition) is 4. The topological polar surface area (TPSA) is 49.6 Å². The van der Waals surface area contributed by atoms with Gasteiger partial charge in [-0.2, -0.15) is 0 Å². The zero-order valence-electron chi connectivity index (χ0n) is 17.9. The Bertz CT molecular complexity index is 998. The van der Waals surface area contributed by atoms with Crippen molar-refractivity contribution in [3.8, 4) is 11.3 Å². The number of aryl methyl sites for hydroxylation is 2. The van der Waals surface area contributed by atoms with Crippen molar-refractivity contribution >= 4 is 5.91 Å². The summed E-state index contributed by atoms with van der Waals surface area (Å²) >= 11 is 0. The van der Waals surface area contributed by atoms with Gasteiger partial charge >= 0.3 is 0 Å². The minimum Gasteiger partial charge on any atom is -0.441 e. The van der Waals surface area contributed by atoms with Crippen LogP contribution in [-0.2, 0) is 17.8 Å². The second-order valence-electron chi connectivity index (χ2n) is 8.12. The van der Waals surface area contributed by atoms with Crippen molar-refractivity contribution in [3.63, 3.8) is 0 Å². The van der Waals surface area contributed by atoms with Gasteiger partial charge in [-0.05, 0) is 43.2 Å². The molecule has 0 atom stereocenters. The summed E-state index contributed by atoms with van der Waals surface area (Å²) in [5.41, 5.74) is 3.35. The molecule has 1 aromatic heterocycles. The van der Waals surface area contributed by atoms with E-state index in [1.807, 2.05) is 4.90 Å². The molecule has 0 saturated carbocycles. The van der Waals surface area contributed by atoms with Crippen molar-refractivity contribution in [1.29, 1.82) is 0 Å². The highest BCUT2D eigenvalue weighted by molar-refractivity contribution is 5.76. The van der Waals surface area contributed by atoms with Crippen molar-refractivity contribution in [2.75, 3.05) is 26.2 Å². The molecule has 0 unspecified atom stereocenters. The molecule has 1 amide bonds. The zero-order chi connectivity index (χ0) is 21.6. The summed E-state index contributed by atoms with van der Waals surface area (Å²) in [6.07, 6.45) is 3.44. The summed E-state index contributed by atoms with van der Waals surface area (Å²) in [4.78, 5) is 21.4. The summed E-state index contributed by atoms with van der Waals surface area (Å²) in [5.74, 6) is 0.968. The molecule has 0 radical (unpaired) electrons. The highest BCUT2D eigenvalue weighted by Gasteiger charge is 2.20. The average Bonchev–Trinajstić information content (AvgIpc) is 3.13. The molecule has 6 heteroatoms. The number of carbonyl (C=O) groups is 1. The van der Waals surface area contributed by atoms with Crippen LogP contribution in [0.2, 0.25) is 0 Å². The lowest BCUT2D eigenvalue weighted by Crippen LogP contribution is -2.35. The van der Waals surface area contributed by atoms with Crippen LogP contribution >= 0.6 is 0 Å². The van der Waals surface area contributed by atoms with Crippen molar-refractivity contribution in [2.45, 2.75) is 32.7 Å². The molecule has 1 fully saturated rings. The quantitative estimate of drug-likeness (QED) is 0.590. The largest absolute Gasteiger partial charge is 0.441 e. The first-order chi connectivity index (χ1) is 15.1. The molecule has 1 aliphatic rings. The Labute approximate surface area is 182 Å². The highest BCUT2D eigenvalue weighted by atomic mass is 19.1. The Morgan fingerprint density at radius 1 is 1.03 bits per heavy atom. The summed E-state index contributed by atoms with van der Waals surface area (Å²) in [6.45, 7) is 6.43. The first-order valence-corrected chi connectivity index (χ1v) is 10.8. The van der Waals surface area contributed by atoms with Crippen LogP contribution in [0.25, 0.3) is 11.3 Å². The van der Waals surface area contributed by atoms with E-state index in [1.54, 1.807) is 18.3 Å². The Hall–Kier alpha value is -2.99. The number of carbonyl (C=O) groups excluding carboxylic acids is 1. The summed E-state index contributed by atoms with van der Waals surface area (Å²) in [6, 6.07) is 14.7. The van der Waals surface area contributed by atoms with E-state index < -0.39 is 0 Å². The number of hydrogen-bond donors (Lipinski definition) is 0. The fourth-order valence-electron chi connectivity index (χ4n) is 3.88. The Morgan fingerprint density at radius 2 is 1.81 bits per heavy atom. The molecule has 4 rings (SSSR count). The molecular formula is C25H28FN3O2. The lowest BCUT2D eigenvalue weighted by atomic mass is 10.1. The van der Waals surface area contributed by atoms with Crippen LogP contribution in [0.5, 0.6) is 0 Å². The molecule has 3 aromatic rings. The van der Waals surface area contributed by atoms with Gasteiger partial charge in [0.25, 0.3) is 0 Å². The van der Waals surface area contributed by atoms with Gasteiger partial charge in [0.05, 0.1) is 6.20 Å². The Morgan fingerprint density at radius 3 is 2.58 bits per heavy atom. The molecule has 0 N–H and O–H groups in total. The maximum absolute atomic E-state index is 13.1. The predicted molar refractivity (Wildman–Crippen MR) is 118 cm³/mol. The fraction of sp³-hybridized carbons (Fsp3) is 0.360. The van der Waals surface area contributed by atoms with Crippen LogP contribution in [0, 0.1) is 12.7 Å². The monoisotopic (exact) mass is 421 g/mol. The second-order valence-corrected chi connectivity index (χ2v) is 8.12. The van der Waals surface area contributed by atoms with Gasteiger partial charge in [-0.15, -0.1) is 0 Å². The van der Waals surface area contributed by atoms with Gasteiger partial charge in [-0.3, -0.25) is 9.69 Å². The fourth-order valence-corrected chi connectivity index (χ4v) is 3.88. The van der Waals surface area contributed by atoms with Crippen molar-refractivity contribution in [1.82, 2.24) is 14.8 Å². The third-order valence-electron chi connectivity index (χ3n) is 5.70. The molecule has 31 heavy (non-hydrogen) atoms. The molecule has 0 aliphatic carbocycles. The van der Waals surface area contributed by atoms with Gasteiger partial charge in [-0.1, -0.05) is 29.8 Å². The first kappa shape index (κ1) is 21.2. The summed E-state index contributed by atoms with van der Waals surface area (Å²) in [5, 5.41) is 0. The normalized spacial score (nSPS) is 15.1. The number of halogens is 1. The molecule has 0 bridgehead atoms. The van der Waals surface area contributed by atoms with E-state index in [1.165, 1.54) is 23.3 Å². The van der Waals surface area contributed by atoms with Crippen molar-refractivity contribution in [2.24, 2.45) is 0 Å². The third-order valence-corrected chi connectivity index (χ3v) is 5.70. The third kappa shape index (κ3) is 5.79. The number of rotatable bonds is 6. The van der Waals surface area contributed by atoms with E-state index in [9.17, 15) is 9.18 Å². The van der Waals surface area contributed by atoms with Crippen LogP contribution in [0.1, 0.15) is 29.9 Å². The molecule has 2 heterocycles. The Balaban J connectivity index is 1.26. The number of aromatic nitrogens is 1. The predicted octanol–water partition coefficient (Wildman–Crippen LogP) is 4.46. The standard InChI is InChI=1S/C25H28FN3O2/c1-19-3-5-20(6-4-19)18-28-13-2-14-29(16-15-28)25(30)12-11-24-27-17-23(31-24)21-7-9-22(26)10-8-21/h3-10,17H,2,11-16,18H2,1H3. The lowest BCUT2D eigenvalue weighted by Gasteiger charge is -2.22. The van der Waals surface area contributed by atoms with E-state index in [0.717, 1.165) is 44.7 Å². The maximum atomic E-state index is 13.1. The van der Waals surface area contributed by atoms with Crippen LogP contribution in [0.4, 0.5) is 4.39 Å². The minimum absolute atomic E-state index is 0.138. The zero-order valence-corrected chi connectivity index (χ0v) is 17.9. The van der Waals surface area contributed by atoms with Crippen LogP contribution in [0.3, 0.4) is 0 Å². The number of nitrogens with zero attached hydrogens (tertiary/aromatic N) is 3. The lowest BCUT2D eigenvalue weighted by molar-refractivity contribution is -0.131. The van der Waals surface area contributed by atoms with Crippen molar-refractivity contribution < 1.29 is 13.6 Å². The molecular weight excluding hydrogens is 393 g/mol. The molecule has 2 aromatic carbocycles. The smallest absolute Gasteiger partial charge is 0.223 e. The van der Waals surface area contributed by atoms with Gasteiger partial charge in [0.15, 0.2) is 11.7 Å². The second kappa shape index (κ2) is 9.88. The number of oxazole rings is 1. The first-order valence-electron chi connectivity index (χ1n) is 10.8. The number of amides is 1. The number of benzene rings is 2. The van der Waals surface area contributed by atoms with Gasteiger partial charge < -0.3 is 9.32 Å². The molecule has 1 saturated heterocycles. The van der Waals surface area contributed by atoms with E-state index in [4.69, 9.17) is 4.42 Å². The molecule has 0 spiro atoms. The molecule has 5 nitrogen and oxygen atoms in total. The molecule has 1 aliphatic heterocycles. The van der Waals surface area contributed by atoms with Crippen molar-refractivity contribution in [3.05, 3.63) is 77.6 Å². The molecule has 162 valence electrons. The maximum Gasteiger partial charge on any atom is 0.223 e. The van der Waals surface area contributed by atoms with E-state index in [2.05, 4.69) is 41.1 Å². The van der Waals surface area contributed by atoms with Crippen LogP contribution < -0.4 is 0 Å². The van der Waals surface area contributed by atoms with Crippen LogP contribution in [-0.4, -0.2) is 46.9 Å². The summed E-state index contributed by atoms with van der Waals surface area (Å²) in [7, 11) is 0. The van der Waals surface area contributed by atoms with Gasteiger partial charge in [0.2, 0.25) is 5.91 Å². The Kier molecular flexibility index (Phi) is 6.77. The van der Waals surface area contributed by atoms with E-state index in [0.29, 0.717) is 24.5 Å². The minimum atomic E-state index is -0.288. The SMILES string of the molecule is Cc1ccc(CN2CCCN(C(=O)CCc3ncc(-c4ccc(F)cc4)o3)CC2)cc1. The van der Waals surface area contributed by atoms with E-state index >= 15 is 0 Å². The average molecular weight is 422 g/mol.